The van der Waals surface area contributed by atoms with Gasteiger partial charge in [-0.05, 0) is 150 Å². The summed E-state index contributed by atoms with van der Waals surface area (Å²) in [6, 6.07) is 12.9. The summed E-state index contributed by atoms with van der Waals surface area (Å²) in [6.45, 7) is 0.937. The van der Waals surface area contributed by atoms with Gasteiger partial charge < -0.3 is 90.6 Å². The van der Waals surface area contributed by atoms with Crippen molar-refractivity contribution in [3.05, 3.63) is 95.1 Å². The number of carbonyl (C=O) groups excluding carboxylic acids is 8. The van der Waals surface area contributed by atoms with Crippen LogP contribution in [0.15, 0.2) is 72.8 Å². The Morgan fingerprint density at radius 3 is 0.935 bits per heavy atom. The van der Waals surface area contributed by atoms with Gasteiger partial charge in [0.05, 0.1) is 56.7 Å². The maximum atomic E-state index is 14.1. The van der Waals surface area contributed by atoms with Gasteiger partial charge in [-0.3, -0.25) is 38.4 Å². The molecule has 77 heavy (non-hydrogen) atoms. The normalized spacial score (nSPS) is 12.3. The van der Waals surface area contributed by atoms with Gasteiger partial charge in [-0.1, -0.05) is 0 Å². The number of methoxy groups -OCH3 is 4. The fraction of sp³-hybridized carbons (Fsp3) is 0.385. The number of nitrogens with two attached hydrogens (primary N) is 6. The van der Waals surface area contributed by atoms with Crippen LogP contribution >= 0.6 is 0 Å². The summed E-state index contributed by atoms with van der Waals surface area (Å²) in [6.07, 6.45) is 2.21. The van der Waals surface area contributed by atoms with Crippen molar-refractivity contribution in [1.29, 1.82) is 0 Å². The van der Waals surface area contributed by atoms with E-state index in [4.69, 9.17) is 53.3 Å². The SMILES string of the molecule is COc1ccc(NC(=O)C(CCCN)NC(=O)c2cc(NC(=O)C(CCCN)NC(=O)c3cc(NC(=O)C(CCCN)NC(=O)c4cc(NC(=O)C(N)CCCN)ccc4OC)ccc3OC)ccc2OC)cc1C(N)=O. The Balaban J connectivity index is 1.52. The fourth-order valence-electron chi connectivity index (χ4n) is 7.74. The van der Waals surface area contributed by atoms with Crippen LogP contribution in [0.1, 0.15) is 92.8 Å². The van der Waals surface area contributed by atoms with E-state index in [1.807, 2.05) is 0 Å². The summed E-state index contributed by atoms with van der Waals surface area (Å²) < 4.78 is 21.5. The molecule has 8 amide bonds. The van der Waals surface area contributed by atoms with E-state index in [0.29, 0.717) is 38.6 Å². The second-order valence-electron chi connectivity index (χ2n) is 17.4. The number of hydrogen-bond donors (Lipinski definition) is 13. The third-order valence-electron chi connectivity index (χ3n) is 11.9. The summed E-state index contributed by atoms with van der Waals surface area (Å²) >= 11 is 0. The molecule has 0 saturated carbocycles. The summed E-state index contributed by atoms with van der Waals surface area (Å²) in [4.78, 5) is 108. The lowest BCUT2D eigenvalue weighted by molar-refractivity contribution is -0.118. The van der Waals surface area contributed by atoms with Gasteiger partial charge >= 0.3 is 0 Å². The number of benzene rings is 4. The number of nitrogens with one attached hydrogen (secondary N) is 7. The van der Waals surface area contributed by atoms with Crippen molar-refractivity contribution < 1.29 is 57.3 Å². The number of amides is 8. The first kappa shape index (κ1) is 61.2. The van der Waals surface area contributed by atoms with E-state index in [9.17, 15) is 38.4 Å². The Morgan fingerprint density at radius 1 is 0.403 bits per heavy atom. The average molecular weight is 1070 g/mol. The van der Waals surface area contributed by atoms with Crippen molar-refractivity contribution in [1.82, 2.24) is 16.0 Å². The zero-order valence-corrected chi connectivity index (χ0v) is 43.6. The number of hydrogen-bond acceptors (Lipinski definition) is 17. The molecule has 0 aliphatic heterocycles. The zero-order valence-electron chi connectivity index (χ0n) is 43.6. The molecule has 25 heteroatoms. The highest BCUT2D eigenvalue weighted by Gasteiger charge is 2.28. The van der Waals surface area contributed by atoms with Crippen LogP contribution in [0, 0.1) is 0 Å². The Kier molecular flexibility index (Phi) is 24.5. The van der Waals surface area contributed by atoms with Crippen LogP contribution in [-0.4, -0.2) is 126 Å². The molecule has 4 aromatic carbocycles. The molecule has 0 radical (unpaired) electrons. The Morgan fingerprint density at radius 2 is 0.662 bits per heavy atom. The quantitative estimate of drug-likeness (QED) is 0.0337. The lowest BCUT2D eigenvalue weighted by atomic mass is 10.1. The van der Waals surface area contributed by atoms with Gasteiger partial charge in [0.15, 0.2) is 0 Å². The minimum Gasteiger partial charge on any atom is -0.496 e. The molecule has 0 saturated heterocycles. The van der Waals surface area contributed by atoms with Crippen LogP contribution in [0.4, 0.5) is 22.7 Å². The van der Waals surface area contributed by atoms with Crippen LogP contribution in [0.5, 0.6) is 23.0 Å². The van der Waals surface area contributed by atoms with Gasteiger partial charge in [0.25, 0.3) is 23.6 Å². The van der Waals surface area contributed by atoms with Gasteiger partial charge in [-0.2, -0.15) is 0 Å². The summed E-state index contributed by atoms with van der Waals surface area (Å²) in [5.74, 6) is -4.87. The van der Waals surface area contributed by atoms with E-state index < -0.39 is 71.4 Å². The highest BCUT2D eigenvalue weighted by molar-refractivity contribution is 6.07. The second kappa shape index (κ2) is 30.9. The van der Waals surface area contributed by atoms with Crippen molar-refractivity contribution in [2.45, 2.75) is 75.5 Å². The Hall–Kier alpha value is -8.36. The summed E-state index contributed by atoms with van der Waals surface area (Å²) in [7, 11) is 5.39. The summed E-state index contributed by atoms with van der Waals surface area (Å²) in [5, 5.41) is 19.0. The lowest BCUT2D eigenvalue weighted by Crippen LogP contribution is -2.45. The smallest absolute Gasteiger partial charge is 0.255 e. The van der Waals surface area contributed by atoms with E-state index in [-0.39, 0.29) is 107 Å². The van der Waals surface area contributed by atoms with E-state index in [1.165, 1.54) is 101 Å². The Labute approximate surface area is 445 Å². The molecule has 0 spiro atoms. The molecule has 0 aliphatic carbocycles. The first-order valence-corrected chi connectivity index (χ1v) is 24.7. The molecule has 25 nitrogen and oxygen atoms in total. The van der Waals surface area contributed by atoms with Gasteiger partial charge in [0.2, 0.25) is 23.6 Å². The van der Waals surface area contributed by atoms with Crippen LogP contribution in [-0.2, 0) is 19.2 Å². The van der Waals surface area contributed by atoms with E-state index in [0.717, 1.165) is 0 Å². The van der Waals surface area contributed by atoms with E-state index in [2.05, 4.69) is 37.2 Å². The molecule has 4 aromatic rings. The predicted octanol–water partition coefficient (Wildman–Crippen LogP) is 1.25. The molecule has 19 N–H and O–H groups in total. The second-order valence-corrected chi connectivity index (χ2v) is 17.4. The minimum absolute atomic E-state index is 0.0142. The largest absolute Gasteiger partial charge is 0.496 e. The Bertz CT molecular complexity index is 2720. The van der Waals surface area contributed by atoms with Gasteiger partial charge in [0, 0.05) is 22.7 Å². The zero-order chi connectivity index (χ0) is 56.6. The third-order valence-corrected chi connectivity index (χ3v) is 11.9. The molecule has 0 heterocycles. The number of ether oxygens (including phenoxy) is 4. The van der Waals surface area contributed by atoms with Gasteiger partial charge in [-0.25, -0.2) is 0 Å². The molecule has 4 unspecified atom stereocenters. The van der Waals surface area contributed by atoms with E-state index >= 15 is 0 Å². The van der Waals surface area contributed by atoms with Crippen molar-refractivity contribution in [3.63, 3.8) is 0 Å². The predicted molar refractivity (Wildman–Crippen MR) is 290 cm³/mol. The summed E-state index contributed by atoms with van der Waals surface area (Å²) in [5.41, 5.74) is 35.1. The third kappa shape index (κ3) is 17.9. The molecular weight excluding hydrogens is 999 g/mol. The first-order valence-electron chi connectivity index (χ1n) is 24.7. The monoisotopic (exact) mass is 1070 g/mol. The molecule has 416 valence electrons. The van der Waals surface area contributed by atoms with Crippen LogP contribution in [0.25, 0.3) is 0 Å². The minimum atomic E-state index is -1.20. The van der Waals surface area contributed by atoms with Gasteiger partial charge in [0.1, 0.15) is 41.1 Å². The maximum Gasteiger partial charge on any atom is 0.255 e. The molecule has 4 atom stereocenters. The van der Waals surface area contributed by atoms with Crippen molar-refractivity contribution >= 4 is 70.0 Å². The first-order chi connectivity index (χ1) is 36.9. The van der Waals surface area contributed by atoms with Crippen molar-refractivity contribution in [2.75, 3.05) is 75.9 Å². The maximum absolute atomic E-state index is 14.1. The van der Waals surface area contributed by atoms with E-state index in [1.54, 1.807) is 0 Å². The number of rotatable bonds is 31. The number of carbonyl (C=O) groups is 8. The molecular formula is C52H71N13O12. The van der Waals surface area contributed by atoms with Crippen LogP contribution < -0.4 is 90.6 Å². The van der Waals surface area contributed by atoms with Crippen LogP contribution in [0.2, 0.25) is 0 Å². The highest BCUT2D eigenvalue weighted by Crippen LogP contribution is 2.28. The topological polar surface area (TPSA) is 414 Å². The van der Waals surface area contributed by atoms with Crippen molar-refractivity contribution in [3.8, 4) is 23.0 Å². The molecule has 0 fully saturated rings. The molecule has 4 rings (SSSR count). The molecule has 0 aliphatic rings. The number of anilines is 4. The highest BCUT2D eigenvalue weighted by atomic mass is 16.5. The fourth-order valence-corrected chi connectivity index (χ4v) is 7.74. The molecule has 0 aromatic heterocycles. The number of primary amides is 1. The van der Waals surface area contributed by atoms with Crippen LogP contribution in [0.3, 0.4) is 0 Å². The average Bonchev–Trinajstić information content (AvgIpc) is 3.43. The van der Waals surface area contributed by atoms with Gasteiger partial charge in [-0.15, -0.1) is 0 Å². The van der Waals surface area contributed by atoms with Crippen molar-refractivity contribution in [2.24, 2.45) is 34.4 Å². The lowest BCUT2D eigenvalue weighted by Gasteiger charge is -2.21. The standard InChI is InChI=1S/C52H71N13O12/c1-74-41-17-13-29(25-33(41)45(58)66)60-50(71)38(10-6-22-54)63-47(68)35-27-31(15-19-43(35)76-3)62-52(73)40(12-8-24-56)65-48(69)36-28-32(16-20-44(36)77-4)61-51(72)39(11-7-23-55)64-46(67)34-26-30(14-18-42(34)75-2)59-49(70)37(57)9-5-21-53/h13-20,25-28,37-40H,5-12,21-24,53-57H2,1-4H3,(H2,58,66)(H,59,70)(H,60,71)(H,61,72)(H,62,73)(H,63,68)(H,64,67)(H,65,69). The molecule has 0 bridgehead atoms.